The van der Waals surface area contributed by atoms with Gasteiger partial charge in [-0.1, -0.05) is 69.9 Å². The maximum absolute atomic E-state index is 14.3. The number of hydrogen-bond donors (Lipinski definition) is 3. The maximum atomic E-state index is 14.3. The van der Waals surface area contributed by atoms with Gasteiger partial charge in [0.1, 0.15) is 11.6 Å². The van der Waals surface area contributed by atoms with Crippen LogP contribution in [0.2, 0.25) is 0 Å². The number of nitrogens with one attached hydrogen (secondary N) is 2. The van der Waals surface area contributed by atoms with Gasteiger partial charge in [-0.05, 0) is 44.1 Å². The summed E-state index contributed by atoms with van der Waals surface area (Å²) in [6.07, 6.45) is 7.10. The molecule has 1 saturated carbocycles. The predicted octanol–water partition coefficient (Wildman–Crippen LogP) is 2.92. The molecule has 4 fully saturated rings. The molecule has 3 N–H and O–H groups in total. The third-order valence-electron chi connectivity index (χ3n) is 9.85. The van der Waals surface area contributed by atoms with Gasteiger partial charge in [0.05, 0.1) is 30.1 Å². The number of fused-ring (bicyclic) bond motifs is 1. The van der Waals surface area contributed by atoms with E-state index >= 15 is 0 Å². The molecule has 1 aromatic carbocycles. The SMILES string of the molecule is CC[C@H](C)[C@H](CO)N1C(=O)[C@@H]2[C@H](C(=O)NCc3ccccc3)[C@]3(C)CCC2(O3)C1C(=O)NC1CCCCC1. The van der Waals surface area contributed by atoms with Gasteiger partial charge in [0, 0.05) is 12.6 Å². The zero-order valence-corrected chi connectivity index (χ0v) is 22.9. The van der Waals surface area contributed by atoms with Crippen molar-refractivity contribution >= 4 is 17.7 Å². The zero-order chi connectivity index (χ0) is 27.1. The van der Waals surface area contributed by atoms with E-state index in [1.165, 1.54) is 6.42 Å². The summed E-state index contributed by atoms with van der Waals surface area (Å²) in [6, 6.07) is 8.39. The van der Waals surface area contributed by atoms with E-state index in [0.717, 1.165) is 37.7 Å². The summed E-state index contributed by atoms with van der Waals surface area (Å²) in [5.74, 6) is -2.12. The van der Waals surface area contributed by atoms with Crippen molar-refractivity contribution in [2.24, 2.45) is 17.8 Å². The van der Waals surface area contributed by atoms with Crippen LogP contribution in [0.1, 0.15) is 77.7 Å². The maximum Gasteiger partial charge on any atom is 0.246 e. The van der Waals surface area contributed by atoms with Gasteiger partial charge in [-0.2, -0.15) is 0 Å². The Labute approximate surface area is 225 Å². The lowest BCUT2D eigenvalue weighted by Crippen LogP contribution is -2.60. The zero-order valence-electron chi connectivity index (χ0n) is 22.9. The lowest BCUT2D eigenvalue weighted by atomic mass is 9.66. The molecular formula is C30H43N3O5. The highest BCUT2D eigenvalue weighted by atomic mass is 16.5. The molecule has 3 heterocycles. The lowest BCUT2D eigenvalue weighted by molar-refractivity contribution is -0.151. The van der Waals surface area contributed by atoms with E-state index < -0.39 is 35.1 Å². The van der Waals surface area contributed by atoms with E-state index in [4.69, 9.17) is 4.74 Å². The van der Waals surface area contributed by atoms with Gasteiger partial charge in [-0.25, -0.2) is 0 Å². The molecule has 1 aliphatic carbocycles. The highest BCUT2D eigenvalue weighted by molar-refractivity contribution is 5.99. The van der Waals surface area contributed by atoms with Gasteiger partial charge >= 0.3 is 0 Å². The highest BCUT2D eigenvalue weighted by Gasteiger charge is 2.78. The second-order valence-corrected chi connectivity index (χ2v) is 12.2. The summed E-state index contributed by atoms with van der Waals surface area (Å²) in [5.41, 5.74) is -0.909. The molecular weight excluding hydrogens is 482 g/mol. The fourth-order valence-corrected chi connectivity index (χ4v) is 7.66. The van der Waals surface area contributed by atoms with Gasteiger partial charge in [0.2, 0.25) is 17.7 Å². The summed E-state index contributed by atoms with van der Waals surface area (Å²) in [6.45, 7) is 6.06. The molecule has 0 radical (unpaired) electrons. The first-order valence-corrected chi connectivity index (χ1v) is 14.5. The molecule has 3 amide bonds. The van der Waals surface area contributed by atoms with E-state index in [9.17, 15) is 19.5 Å². The first-order chi connectivity index (χ1) is 18.3. The summed E-state index contributed by atoms with van der Waals surface area (Å²) >= 11 is 0. The number of benzene rings is 1. The normalized spacial score (nSPS) is 34.2. The Hall–Kier alpha value is -2.45. The van der Waals surface area contributed by atoms with Gasteiger partial charge in [0.15, 0.2) is 0 Å². The van der Waals surface area contributed by atoms with Crippen LogP contribution < -0.4 is 10.6 Å². The van der Waals surface area contributed by atoms with Crippen LogP contribution in [0.25, 0.3) is 0 Å². The van der Waals surface area contributed by atoms with Crippen molar-refractivity contribution in [1.29, 1.82) is 0 Å². The molecule has 4 aliphatic rings. The summed E-state index contributed by atoms with van der Waals surface area (Å²) in [7, 11) is 0. The van der Waals surface area contributed by atoms with Crippen molar-refractivity contribution < 1.29 is 24.2 Å². The number of hydrogen-bond acceptors (Lipinski definition) is 5. The number of aliphatic hydroxyl groups excluding tert-OH is 1. The van der Waals surface area contributed by atoms with Gasteiger partial charge in [-0.15, -0.1) is 0 Å². The number of aliphatic hydroxyl groups is 1. The molecule has 8 heteroatoms. The Balaban J connectivity index is 1.48. The molecule has 2 bridgehead atoms. The quantitative estimate of drug-likeness (QED) is 0.460. The summed E-state index contributed by atoms with van der Waals surface area (Å²) in [4.78, 5) is 43.7. The van der Waals surface area contributed by atoms with Crippen LogP contribution in [0.5, 0.6) is 0 Å². The third kappa shape index (κ3) is 4.43. The van der Waals surface area contributed by atoms with Crippen LogP contribution in [0.3, 0.4) is 0 Å². The van der Waals surface area contributed by atoms with Crippen molar-refractivity contribution in [1.82, 2.24) is 15.5 Å². The van der Waals surface area contributed by atoms with Crippen molar-refractivity contribution in [3.8, 4) is 0 Å². The first-order valence-electron chi connectivity index (χ1n) is 14.5. The number of ether oxygens (including phenoxy) is 1. The van der Waals surface area contributed by atoms with Gasteiger partial charge < -0.3 is 25.4 Å². The second-order valence-electron chi connectivity index (χ2n) is 12.2. The fraction of sp³-hybridized carbons (Fsp3) is 0.700. The molecule has 0 aromatic heterocycles. The minimum absolute atomic E-state index is 0.0118. The Morgan fingerprint density at radius 3 is 2.50 bits per heavy atom. The fourth-order valence-electron chi connectivity index (χ4n) is 7.66. The Kier molecular flexibility index (Phi) is 7.57. The largest absolute Gasteiger partial charge is 0.394 e. The van der Waals surface area contributed by atoms with Crippen LogP contribution in [-0.2, 0) is 25.7 Å². The lowest BCUT2D eigenvalue weighted by Gasteiger charge is -2.40. The van der Waals surface area contributed by atoms with E-state index in [1.54, 1.807) is 4.90 Å². The van der Waals surface area contributed by atoms with E-state index in [2.05, 4.69) is 10.6 Å². The average molecular weight is 526 g/mol. The Morgan fingerprint density at radius 1 is 1.13 bits per heavy atom. The summed E-state index contributed by atoms with van der Waals surface area (Å²) in [5, 5.41) is 16.7. The number of amides is 3. The molecule has 2 unspecified atom stereocenters. The minimum Gasteiger partial charge on any atom is -0.394 e. The van der Waals surface area contributed by atoms with E-state index in [-0.39, 0.29) is 36.3 Å². The van der Waals surface area contributed by atoms with E-state index in [1.807, 2.05) is 51.1 Å². The van der Waals surface area contributed by atoms with Crippen LogP contribution >= 0.6 is 0 Å². The topological polar surface area (TPSA) is 108 Å². The Morgan fingerprint density at radius 2 is 1.84 bits per heavy atom. The molecule has 3 saturated heterocycles. The standard InChI is InChI=1S/C30H43N3O5/c1-4-19(2)22(18-34)33-25(27(36)32-21-13-9-6-10-14-21)30-16-15-29(3,38-30)23(24(30)28(33)37)26(35)31-17-20-11-7-5-8-12-20/h5,7-8,11-12,19,21-25,34H,4,6,9-10,13-18H2,1-3H3,(H,31,35)(H,32,36)/t19-,22-,23+,24-,25?,29-,30?/m0/s1. The van der Waals surface area contributed by atoms with Crippen molar-refractivity contribution in [3.63, 3.8) is 0 Å². The molecule has 38 heavy (non-hydrogen) atoms. The predicted molar refractivity (Wildman–Crippen MR) is 143 cm³/mol. The highest BCUT2D eigenvalue weighted by Crippen LogP contribution is 2.63. The number of likely N-dealkylation sites (tertiary alicyclic amines) is 1. The molecule has 7 atom stereocenters. The van der Waals surface area contributed by atoms with Crippen LogP contribution in [0.15, 0.2) is 30.3 Å². The van der Waals surface area contributed by atoms with Crippen molar-refractivity contribution in [2.45, 2.75) is 108 Å². The Bertz CT molecular complexity index is 1040. The van der Waals surface area contributed by atoms with E-state index in [0.29, 0.717) is 19.4 Å². The smallest absolute Gasteiger partial charge is 0.246 e. The number of carbonyl (C=O) groups excluding carboxylic acids is 3. The van der Waals surface area contributed by atoms with Gasteiger partial charge in [0.25, 0.3) is 0 Å². The minimum atomic E-state index is -1.07. The van der Waals surface area contributed by atoms with Crippen LogP contribution in [0.4, 0.5) is 0 Å². The van der Waals surface area contributed by atoms with Crippen molar-refractivity contribution in [2.75, 3.05) is 6.61 Å². The molecule has 208 valence electrons. The summed E-state index contributed by atoms with van der Waals surface area (Å²) < 4.78 is 6.72. The van der Waals surface area contributed by atoms with Crippen molar-refractivity contribution in [3.05, 3.63) is 35.9 Å². The third-order valence-corrected chi connectivity index (χ3v) is 9.85. The van der Waals surface area contributed by atoms with Crippen LogP contribution in [0, 0.1) is 17.8 Å². The number of rotatable bonds is 9. The number of nitrogens with zero attached hydrogens (tertiary/aromatic N) is 1. The molecule has 8 nitrogen and oxygen atoms in total. The van der Waals surface area contributed by atoms with Gasteiger partial charge in [-0.3, -0.25) is 14.4 Å². The molecule has 5 rings (SSSR count). The molecule has 3 aliphatic heterocycles. The average Bonchev–Trinajstić information content (AvgIpc) is 3.49. The molecule has 1 aromatic rings. The number of carbonyl (C=O) groups is 3. The van der Waals surface area contributed by atoms with Crippen LogP contribution in [-0.4, -0.2) is 63.7 Å². The first kappa shape index (κ1) is 27.1. The second kappa shape index (κ2) is 10.6. The monoisotopic (exact) mass is 525 g/mol. The molecule has 1 spiro atoms.